The molecule has 0 unspecified atom stereocenters. The van der Waals surface area contributed by atoms with Gasteiger partial charge in [0.15, 0.2) is 10.9 Å². The molecule has 1 aliphatic rings. The molecule has 2 amide bonds. The molecule has 1 fully saturated rings. The van der Waals surface area contributed by atoms with Crippen molar-refractivity contribution < 1.29 is 14.3 Å². The molecule has 0 bridgehead atoms. The molecule has 0 spiro atoms. The first kappa shape index (κ1) is 21.0. The van der Waals surface area contributed by atoms with Crippen LogP contribution in [0.4, 0.5) is 0 Å². The molecular weight excluding hydrogens is 463 g/mol. The van der Waals surface area contributed by atoms with Gasteiger partial charge in [-0.15, -0.1) is 0 Å². The Hall–Kier alpha value is -1.77. The lowest BCUT2D eigenvalue weighted by Gasteiger charge is -2.16. The minimum atomic E-state index is -0.584. The minimum absolute atomic E-state index is 0.195. The molecule has 1 heterocycles. The summed E-state index contributed by atoms with van der Waals surface area (Å²) < 4.78 is 5.56. The van der Waals surface area contributed by atoms with Crippen LogP contribution in [0.3, 0.4) is 0 Å². The van der Waals surface area contributed by atoms with E-state index >= 15 is 0 Å². The number of nitrogens with one attached hydrogen (secondary N) is 1. The second-order valence-electron chi connectivity index (χ2n) is 5.45. The maximum absolute atomic E-state index is 12.5. The molecule has 3 rings (SSSR count). The lowest BCUT2D eigenvalue weighted by atomic mass is 10.2. The van der Waals surface area contributed by atoms with Crippen molar-refractivity contribution >= 4 is 81.0 Å². The Bertz CT molecular complexity index is 984. The standard InChI is InChI=1S/C18H11Cl3N2O3S2/c19-11-7-13(21)14(8-12(11)20)26-9-16(24)22-23-17(25)15(28-18(23)27)6-10-4-2-1-3-5-10/h1-8H,9H2,(H,22,24)/b15-6-. The molecule has 0 saturated carbocycles. The Morgan fingerprint density at radius 3 is 2.54 bits per heavy atom. The molecule has 0 atom stereocenters. The Balaban J connectivity index is 1.63. The van der Waals surface area contributed by atoms with Gasteiger partial charge in [-0.25, -0.2) is 0 Å². The van der Waals surface area contributed by atoms with Crippen molar-refractivity contribution in [1.82, 2.24) is 10.4 Å². The molecule has 1 N–H and O–H groups in total. The van der Waals surface area contributed by atoms with Crippen LogP contribution in [0.5, 0.6) is 5.75 Å². The van der Waals surface area contributed by atoms with E-state index in [1.807, 2.05) is 30.3 Å². The van der Waals surface area contributed by atoms with Crippen LogP contribution in [0.25, 0.3) is 6.08 Å². The monoisotopic (exact) mass is 472 g/mol. The molecule has 0 aliphatic carbocycles. The zero-order valence-corrected chi connectivity index (χ0v) is 17.8. The molecule has 5 nitrogen and oxygen atoms in total. The van der Waals surface area contributed by atoms with E-state index < -0.39 is 18.4 Å². The maximum Gasteiger partial charge on any atom is 0.285 e. The number of carbonyl (C=O) groups is 2. The van der Waals surface area contributed by atoms with Gasteiger partial charge in [0.25, 0.3) is 11.8 Å². The van der Waals surface area contributed by atoms with Gasteiger partial charge in [-0.05, 0) is 29.9 Å². The minimum Gasteiger partial charge on any atom is -0.482 e. The first-order valence-electron chi connectivity index (χ1n) is 7.75. The molecule has 0 radical (unpaired) electrons. The molecular formula is C18H11Cl3N2O3S2. The van der Waals surface area contributed by atoms with Gasteiger partial charge in [0.05, 0.1) is 20.0 Å². The SMILES string of the molecule is O=C(COc1cc(Cl)c(Cl)cc1Cl)NN1C(=O)/C(=C/c2ccccc2)SC1=S. The molecule has 2 aromatic rings. The number of thiocarbonyl (C=S) groups is 1. The predicted molar refractivity (Wildman–Crippen MR) is 117 cm³/mol. The number of carbonyl (C=O) groups excluding carboxylic acids is 2. The highest BCUT2D eigenvalue weighted by Crippen LogP contribution is 2.34. The topological polar surface area (TPSA) is 58.6 Å². The van der Waals surface area contributed by atoms with Crippen molar-refractivity contribution in [2.24, 2.45) is 0 Å². The molecule has 1 aliphatic heterocycles. The van der Waals surface area contributed by atoms with E-state index in [-0.39, 0.29) is 25.1 Å². The summed E-state index contributed by atoms with van der Waals surface area (Å²) in [6, 6.07) is 12.1. The molecule has 28 heavy (non-hydrogen) atoms. The Morgan fingerprint density at radius 1 is 1.14 bits per heavy atom. The summed E-state index contributed by atoms with van der Waals surface area (Å²) in [5, 5.41) is 1.73. The summed E-state index contributed by atoms with van der Waals surface area (Å²) >= 11 is 24.0. The number of nitrogens with zero attached hydrogens (tertiary/aromatic N) is 1. The molecule has 10 heteroatoms. The summed E-state index contributed by atoms with van der Waals surface area (Å²) in [6.07, 6.45) is 1.71. The number of benzene rings is 2. The normalized spacial score (nSPS) is 15.2. The fourth-order valence-corrected chi connectivity index (χ4v) is 3.95. The summed E-state index contributed by atoms with van der Waals surface area (Å²) in [4.78, 5) is 25.1. The van der Waals surface area contributed by atoms with E-state index in [0.29, 0.717) is 4.91 Å². The number of halogens is 3. The zero-order chi connectivity index (χ0) is 20.3. The van der Waals surface area contributed by atoms with Crippen LogP contribution < -0.4 is 10.2 Å². The van der Waals surface area contributed by atoms with Gasteiger partial charge in [0.2, 0.25) is 0 Å². The molecule has 1 saturated heterocycles. The highest BCUT2D eigenvalue weighted by Gasteiger charge is 2.33. The second kappa shape index (κ2) is 9.15. The number of rotatable bonds is 5. The summed E-state index contributed by atoms with van der Waals surface area (Å²) in [6.45, 7) is -0.396. The predicted octanol–water partition coefficient (Wildman–Crippen LogP) is 4.96. The summed E-state index contributed by atoms with van der Waals surface area (Å²) in [5.74, 6) is -0.806. The van der Waals surface area contributed by atoms with Gasteiger partial charge in [-0.2, -0.15) is 5.01 Å². The summed E-state index contributed by atoms with van der Waals surface area (Å²) in [7, 11) is 0. The van der Waals surface area contributed by atoms with Crippen LogP contribution >= 0.6 is 58.8 Å². The van der Waals surface area contributed by atoms with E-state index in [0.717, 1.165) is 22.3 Å². The van der Waals surface area contributed by atoms with Gasteiger partial charge >= 0.3 is 0 Å². The van der Waals surface area contributed by atoms with E-state index in [2.05, 4.69) is 5.43 Å². The fraction of sp³-hybridized carbons (Fsp3) is 0.0556. The highest BCUT2D eigenvalue weighted by atomic mass is 35.5. The van der Waals surface area contributed by atoms with Crippen LogP contribution in [-0.4, -0.2) is 27.8 Å². The van der Waals surface area contributed by atoms with Crippen LogP contribution in [0.1, 0.15) is 5.56 Å². The van der Waals surface area contributed by atoms with Gasteiger partial charge in [-0.1, -0.05) is 76.9 Å². The van der Waals surface area contributed by atoms with E-state index in [9.17, 15) is 9.59 Å². The quantitative estimate of drug-likeness (QED) is 0.378. The number of hydrogen-bond acceptors (Lipinski definition) is 5. The van der Waals surface area contributed by atoms with Crippen LogP contribution in [0, 0.1) is 0 Å². The van der Waals surface area contributed by atoms with Crippen molar-refractivity contribution in [1.29, 1.82) is 0 Å². The van der Waals surface area contributed by atoms with E-state index in [1.54, 1.807) is 6.08 Å². The van der Waals surface area contributed by atoms with Crippen molar-refractivity contribution in [3.63, 3.8) is 0 Å². The molecule has 2 aromatic carbocycles. The van der Waals surface area contributed by atoms with Gasteiger partial charge in [0, 0.05) is 6.07 Å². The highest BCUT2D eigenvalue weighted by molar-refractivity contribution is 8.26. The third-order valence-corrected chi connectivity index (χ3v) is 5.78. The lowest BCUT2D eigenvalue weighted by Crippen LogP contribution is -2.46. The maximum atomic E-state index is 12.5. The van der Waals surface area contributed by atoms with E-state index in [4.69, 9.17) is 51.8 Å². The Morgan fingerprint density at radius 2 is 1.82 bits per heavy atom. The zero-order valence-electron chi connectivity index (χ0n) is 13.9. The van der Waals surface area contributed by atoms with Gasteiger partial charge in [0.1, 0.15) is 5.75 Å². The fourth-order valence-electron chi connectivity index (χ4n) is 2.18. The Labute approximate surface area is 185 Å². The van der Waals surface area contributed by atoms with Crippen molar-refractivity contribution in [2.75, 3.05) is 6.61 Å². The van der Waals surface area contributed by atoms with Gasteiger partial charge < -0.3 is 4.74 Å². The number of hydrazine groups is 1. The average molecular weight is 474 g/mol. The number of thioether (sulfide) groups is 1. The number of hydrogen-bond donors (Lipinski definition) is 1. The Kier molecular flexibility index (Phi) is 6.85. The van der Waals surface area contributed by atoms with Crippen LogP contribution in [-0.2, 0) is 9.59 Å². The largest absolute Gasteiger partial charge is 0.482 e. The van der Waals surface area contributed by atoms with Gasteiger partial charge in [-0.3, -0.25) is 15.0 Å². The third-order valence-electron chi connectivity index (χ3n) is 3.46. The van der Waals surface area contributed by atoms with E-state index in [1.165, 1.54) is 12.1 Å². The van der Waals surface area contributed by atoms with Crippen molar-refractivity contribution in [3.8, 4) is 5.75 Å². The van der Waals surface area contributed by atoms with Crippen molar-refractivity contribution in [2.45, 2.75) is 0 Å². The van der Waals surface area contributed by atoms with Crippen molar-refractivity contribution in [3.05, 3.63) is 68.0 Å². The van der Waals surface area contributed by atoms with Crippen LogP contribution in [0.2, 0.25) is 15.1 Å². The smallest absolute Gasteiger partial charge is 0.285 e. The second-order valence-corrected chi connectivity index (χ2v) is 8.35. The van der Waals surface area contributed by atoms with Crippen LogP contribution in [0.15, 0.2) is 47.4 Å². The first-order valence-corrected chi connectivity index (χ1v) is 10.1. The molecule has 144 valence electrons. The lowest BCUT2D eigenvalue weighted by molar-refractivity contribution is -0.134. The first-order chi connectivity index (χ1) is 13.3. The number of ether oxygens (including phenoxy) is 1. The third kappa shape index (κ3) is 4.98. The average Bonchev–Trinajstić information content (AvgIpc) is 2.92. The summed E-state index contributed by atoms with van der Waals surface area (Å²) in [5.41, 5.74) is 3.28. The molecule has 0 aromatic heterocycles. The number of amides is 2.